The number of rotatable bonds is 5. The van der Waals surface area contributed by atoms with Crippen molar-refractivity contribution < 1.29 is 9.59 Å². The highest BCUT2D eigenvalue weighted by molar-refractivity contribution is 6.37. The molecule has 14 heavy (non-hydrogen) atoms. The fourth-order valence-corrected chi connectivity index (χ4v) is 1.97. The Morgan fingerprint density at radius 3 is 2.36 bits per heavy atom. The monoisotopic (exact) mass is 198 g/mol. The maximum absolute atomic E-state index is 11.5. The van der Waals surface area contributed by atoms with Crippen LogP contribution < -0.4 is 5.73 Å². The molecule has 0 radical (unpaired) electrons. The van der Waals surface area contributed by atoms with Crippen molar-refractivity contribution in [2.24, 2.45) is 5.73 Å². The molecule has 0 bridgehead atoms. The Kier molecular flexibility index (Phi) is 4.07. The molecule has 0 aromatic heterocycles. The van der Waals surface area contributed by atoms with E-state index < -0.39 is 11.7 Å². The molecule has 4 nitrogen and oxygen atoms in total. The molecule has 1 amide bonds. The number of amides is 1. The van der Waals surface area contributed by atoms with Crippen LogP contribution in [0, 0.1) is 0 Å². The van der Waals surface area contributed by atoms with Gasteiger partial charge in [-0.05, 0) is 32.4 Å². The Morgan fingerprint density at radius 1 is 1.36 bits per heavy atom. The van der Waals surface area contributed by atoms with Gasteiger partial charge in [-0.2, -0.15) is 0 Å². The molecule has 0 spiro atoms. The van der Waals surface area contributed by atoms with Crippen LogP contribution in [0.4, 0.5) is 0 Å². The molecule has 1 heterocycles. The zero-order chi connectivity index (χ0) is 10.6. The van der Waals surface area contributed by atoms with E-state index in [-0.39, 0.29) is 6.04 Å². The Morgan fingerprint density at radius 2 is 1.93 bits per heavy atom. The maximum atomic E-state index is 11.5. The van der Waals surface area contributed by atoms with Gasteiger partial charge in [0, 0.05) is 0 Å². The topological polar surface area (TPSA) is 63.4 Å². The van der Waals surface area contributed by atoms with Crippen LogP contribution in [0.3, 0.4) is 0 Å². The Hall–Kier alpha value is -0.900. The maximum Gasteiger partial charge on any atom is 0.286 e. The number of primary amides is 1. The van der Waals surface area contributed by atoms with Crippen LogP contribution in [-0.4, -0.2) is 35.7 Å². The van der Waals surface area contributed by atoms with Crippen LogP contribution in [0.25, 0.3) is 0 Å². The van der Waals surface area contributed by atoms with Crippen LogP contribution >= 0.6 is 0 Å². The van der Waals surface area contributed by atoms with Gasteiger partial charge < -0.3 is 5.73 Å². The predicted octanol–water partition coefficient (Wildman–Crippen LogP) is 0.305. The number of carbonyl (C=O) groups excluding carboxylic acids is 2. The SMILES string of the molecule is CCCC(C(=O)C(N)=O)N1CCCC1. The molecule has 1 unspecified atom stereocenters. The van der Waals surface area contributed by atoms with Crippen molar-refractivity contribution in [3.05, 3.63) is 0 Å². The highest BCUT2D eigenvalue weighted by Crippen LogP contribution is 2.16. The molecule has 1 aliphatic heterocycles. The number of likely N-dealkylation sites (tertiary alicyclic amines) is 1. The summed E-state index contributed by atoms with van der Waals surface area (Å²) < 4.78 is 0. The van der Waals surface area contributed by atoms with Gasteiger partial charge in [0.2, 0.25) is 5.78 Å². The molecule has 1 rings (SSSR count). The smallest absolute Gasteiger partial charge is 0.286 e. The number of nitrogens with two attached hydrogens (primary N) is 1. The van der Waals surface area contributed by atoms with Gasteiger partial charge in [0.15, 0.2) is 0 Å². The zero-order valence-corrected chi connectivity index (χ0v) is 8.66. The summed E-state index contributed by atoms with van der Waals surface area (Å²) in [6.07, 6.45) is 3.88. The molecule has 0 aliphatic carbocycles. The fourth-order valence-electron chi connectivity index (χ4n) is 1.97. The quantitative estimate of drug-likeness (QED) is 0.646. The van der Waals surface area contributed by atoms with Crippen molar-refractivity contribution in [3.8, 4) is 0 Å². The summed E-state index contributed by atoms with van der Waals surface area (Å²) in [5.41, 5.74) is 5.02. The van der Waals surface area contributed by atoms with E-state index in [9.17, 15) is 9.59 Å². The highest BCUT2D eigenvalue weighted by Gasteiger charge is 2.29. The van der Waals surface area contributed by atoms with Crippen molar-refractivity contribution in [3.63, 3.8) is 0 Å². The molecule has 1 fully saturated rings. The lowest BCUT2D eigenvalue weighted by molar-refractivity contribution is -0.139. The molecule has 80 valence electrons. The van der Waals surface area contributed by atoms with Gasteiger partial charge in [-0.3, -0.25) is 14.5 Å². The lowest BCUT2D eigenvalue weighted by Gasteiger charge is -2.24. The van der Waals surface area contributed by atoms with E-state index in [0.29, 0.717) is 0 Å². The van der Waals surface area contributed by atoms with Crippen molar-refractivity contribution in [1.29, 1.82) is 0 Å². The van der Waals surface area contributed by atoms with Crippen LogP contribution in [0.1, 0.15) is 32.6 Å². The second-order valence-corrected chi connectivity index (χ2v) is 3.78. The first-order valence-electron chi connectivity index (χ1n) is 5.24. The summed E-state index contributed by atoms with van der Waals surface area (Å²) >= 11 is 0. The second-order valence-electron chi connectivity index (χ2n) is 3.78. The predicted molar refractivity (Wildman–Crippen MR) is 53.7 cm³/mol. The molecular formula is C10H18N2O2. The Balaban J connectivity index is 2.61. The fraction of sp³-hybridized carbons (Fsp3) is 0.800. The Labute approximate surface area is 84.4 Å². The van der Waals surface area contributed by atoms with E-state index in [0.717, 1.165) is 38.8 Å². The second kappa shape index (κ2) is 5.10. The van der Waals surface area contributed by atoms with E-state index in [1.54, 1.807) is 0 Å². The number of hydrogen-bond acceptors (Lipinski definition) is 3. The summed E-state index contributed by atoms with van der Waals surface area (Å²) in [7, 11) is 0. The van der Waals surface area contributed by atoms with Crippen LogP contribution in [0.15, 0.2) is 0 Å². The zero-order valence-electron chi connectivity index (χ0n) is 8.66. The number of hydrogen-bond donors (Lipinski definition) is 1. The van der Waals surface area contributed by atoms with Crippen LogP contribution in [-0.2, 0) is 9.59 Å². The molecule has 0 aromatic carbocycles. The van der Waals surface area contributed by atoms with E-state index in [1.165, 1.54) is 0 Å². The molecule has 1 saturated heterocycles. The van der Waals surface area contributed by atoms with Gasteiger partial charge in [0.05, 0.1) is 6.04 Å². The summed E-state index contributed by atoms with van der Waals surface area (Å²) in [6, 6.07) is -0.264. The third kappa shape index (κ3) is 2.54. The summed E-state index contributed by atoms with van der Waals surface area (Å²) in [5.74, 6) is -1.22. The van der Waals surface area contributed by atoms with Gasteiger partial charge in [0.25, 0.3) is 5.91 Å². The molecule has 1 aliphatic rings. The van der Waals surface area contributed by atoms with Gasteiger partial charge in [-0.15, -0.1) is 0 Å². The van der Waals surface area contributed by atoms with E-state index in [1.807, 2.05) is 6.92 Å². The average molecular weight is 198 g/mol. The van der Waals surface area contributed by atoms with Crippen molar-refractivity contribution in [2.75, 3.05) is 13.1 Å². The van der Waals surface area contributed by atoms with Crippen molar-refractivity contribution in [2.45, 2.75) is 38.6 Å². The highest BCUT2D eigenvalue weighted by atomic mass is 16.2. The Bertz CT molecular complexity index is 222. The lowest BCUT2D eigenvalue weighted by atomic mass is 10.1. The van der Waals surface area contributed by atoms with E-state index in [4.69, 9.17) is 5.73 Å². The third-order valence-electron chi connectivity index (χ3n) is 2.69. The van der Waals surface area contributed by atoms with E-state index >= 15 is 0 Å². The minimum atomic E-state index is -0.796. The van der Waals surface area contributed by atoms with Gasteiger partial charge >= 0.3 is 0 Å². The summed E-state index contributed by atoms with van der Waals surface area (Å²) in [4.78, 5) is 24.4. The third-order valence-corrected chi connectivity index (χ3v) is 2.69. The average Bonchev–Trinajstić information content (AvgIpc) is 2.65. The molecular weight excluding hydrogens is 180 g/mol. The van der Waals surface area contributed by atoms with Crippen LogP contribution in [0.5, 0.6) is 0 Å². The first-order chi connectivity index (χ1) is 6.66. The molecule has 4 heteroatoms. The van der Waals surface area contributed by atoms with Crippen LogP contribution in [0.2, 0.25) is 0 Å². The van der Waals surface area contributed by atoms with E-state index in [2.05, 4.69) is 4.90 Å². The number of Topliss-reactive ketones (excluding diaryl/α,β-unsaturated/α-hetero) is 1. The molecule has 0 aromatic rings. The van der Waals surface area contributed by atoms with Gasteiger partial charge in [0.1, 0.15) is 0 Å². The molecule has 2 N–H and O–H groups in total. The normalized spacial score (nSPS) is 19.5. The number of ketones is 1. The molecule has 1 atom stereocenters. The summed E-state index contributed by atoms with van der Waals surface area (Å²) in [5, 5.41) is 0. The van der Waals surface area contributed by atoms with Gasteiger partial charge in [-0.25, -0.2) is 0 Å². The minimum Gasteiger partial charge on any atom is -0.363 e. The van der Waals surface area contributed by atoms with Gasteiger partial charge in [-0.1, -0.05) is 13.3 Å². The largest absolute Gasteiger partial charge is 0.363 e. The molecule has 0 saturated carbocycles. The number of carbonyl (C=O) groups is 2. The first-order valence-corrected chi connectivity index (χ1v) is 5.24. The minimum absolute atomic E-state index is 0.264. The lowest BCUT2D eigenvalue weighted by Crippen LogP contribution is -2.44. The standard InChI is InChI=1S/C10H18N2O2/c1-2-5-8(9(13)10(11)14)12-6-3-4-7-12/h8H,2-7H2,1H3,(H2,11,14). The van der Waals surface area contributed by atoms with Crippen molar-refractivity contribution >= 4 is 11.7 Å². The first kappa shape index (κ1) is 11.2. The van der Waals surface area contributed by atoms with Crippen molar-refractivity contribution in [1.82, 2.24) is 4.90 Å². The number of nitrogens with zero attached hydrogens (tertiary/aromatic N) is 1. The summed E-state index contributed by atoms with van der Waals surface area (Å²) in [6.45, 7) is 3.85.